The van der Waals surface area contributed by atoms with Crippen molar-refractivity contribution in [2.75, 3.05) is 18.5 Å². The van der Waals surface area contributed by atoms with Gasteiger partial charge in [0.2, 0.25) is 0 Å². The normalized spacial score (nSPS) is 11.4. The van der Waals surface area contributed by atoms with E-state index in [1.165, 1.54) is 18.2 Å². The second kappa shape index (κ2) is 10.1. The molecule has 0 aliphatic heterocycles. The fourth-order valence-corrected chi connectivity index (χ4v) is 4.02. The number of carbonyl (C=O) groups is 3. The van der Waals surface area contributed by atoms with Crippen molar-refractivity contribution < 1.29 is 24.2 Å². The fourth-order valence-electron chi connectivity index (χ4n) is 3.85. The van der Waals surface area contributed by atoms with Crippen molar-refractivity contribution in [3.63, 3.8) is 0 Å². The van der Waals surface area contributed by atoms with Crippen molar-refractivity contribution in [1.82, 2.24) is 5.32 Å². The highest BCUT2D eigenvalue weighted by atomic mass is 35.5. The lowest BCUT2D eigenvalue weighted by atomic mass is 9.98. The molecule has 0 radical (unpaired) electrons. The number of benzene rings is 3. The van der Waals surface area contributed by atoms with Gasteiger partial charge in [-0.2, -0.15) is 0 Å². The molecule has 0 bridgehead atoms. The van der Waals surface area contributed by atoms with Crippen molar-refractivity contribution in [3.05, 3.63) is 88.4 Å². The second-order valence-electron chi connectivity index (χ2n) is 7.43. The van der Waals surface area contributed by atoms with Crippen LogP contribution in [0.4, 0.5) is 10.5 Å². The van der Waals surface area contributed by atoms with E-state index in [0.717, 1.165) is 22.3 Å². The Hall–Kier alpha value is -4.28. The lowest BCUT2D eigenvalue weighted by Crippen LogP contribution is -2.26. The molecular formula is C26H19ClN2O5. The van der Waals surface area contributed by atoms with Crippen molar-refractivity contribution in [2.24, 2.45) is 0 Å². The Labute approximate surface area is 200 Å². The number of hydrogen-bond donors (Lipinski definition) is 3. The Morgan fingerprint density at radius 1 is 0.971 bits per heavy atom. The molecule has 3 aromatic rings. The topological polar surface area (TPSA) is 105 Å². The molecule has 34 heavy (non-hydrogen) atoms. The molecule has 1 aliphatic carbocycles. The summed E-state index contributed by atoms with van der Waals surface area (Å²) in [6, 6.07) is 20.1. The minimum Gasteiger partial charge on any atom is -0.478 e. The van der Waals surface area contributed by atoms with E-state index in [1.807, 2.05) is 36.4 Å². The Morgan fingerprint density at radius 2 is 1.62 bits per heavy atom. The van der Waals surface area contributed by atoms with Gasteiger partial charge in [0, 0.05) is 10.9 Å². The van der Waals surface area contributed by atoms with Gasteiger partial charge < -0.3 is 20.5 Å². The number of rotatable bonds is 5. The maximum absolute atomic E-state index is 12.1. The molecule has 0 saturated carbocycles. The zero-order chi connectivity index (χ0) is 24.1. The maximum Gasteiger partial charge on any atom is 0.407 e. The molecule has 0 unspecified atom stereocenters. The molecule has 0 heterocycles. The van der Waals surface area contributed by atoms with Crippen LogP contribution < -0.4 is 10.6 Å². The Morgan fingerprint density at radius 3 is 2.26 bits per heavy atom. The monoisotopic (exact) mass is 474 g/mol. The van der Waals surface area contributed by atoms with E-state index in [4.69, 9.17) is 16.3 Å². The summed E-state index contributed by atoms with van der Waals surface area (Å²) in [5, 5.41) is 14.3. The summed E-state index contributed by atoms with van der Waals surface area (Å²) in [7, 11) is 0. The quantitative estimate of drug-likeness (QED) is 0.472. The lowest BCUT2D eigenvalue weighted by molar-refractivity contribution is -0.111. The van der Waals surface area contributed by atoms with E-state index in [0.29, 0.717) is 0 Å². The summed E-state index contributed by atoms with van der Waals surface area (Å²) >= 11 is 5.79. The van der Waals surface area contributed by atoms with E-state index in [2.05, 4.69) is 34.6 Å². The van der Waals surface area contributed by atoms with Gasteiger partial charge in [-0.1, -0.05) is 66.1 Å². The van der Waals surface area contributed by atoms with Gasteiger partial charge in [-0.15, -0.1) is 0 Å². The smallest absolute Gasteiger partial charge is 0.407 e. The van der Waals surface area contributed by atoms with Gasteiger partial charge in [0.25, 0.3) is 5.91 Å². The van der Waals surface area contributed by atoms with Gasteiger partial charge in [-0.3, -0.25) is 4.79 Å². The van der Waals surface area contributed by atoms with Crippen molar-refractivity contribution in [2.45, 2.75) is 5.92 Å². The average Bonchev–Trinajstić information content (AvgIpc) is 3.15. The molecule has 3 aromatic carbocycles. The molecule has 0 atom stereocenters. The average molecular weight is 475 g/mol. The third kappa shape index (κ3) is 5.03. The summed E-state index contributed by atoms with van der Waals surface area (Å²) in [5.74, 6) is 2.79. The molecule has 1 aliphatic rings. The van der Waals surface area contributed by atoms with Crippen molar-refractivity contribution >= 4 is 35.3 Å². The number of halogens is 1. The van der Waals surface area contributed by atoms with Crippen molar-refractivity contribution in [1.29, 1.82) is 0 Å². The van der Waals surface area contributed by atoms with Crippen LogP contribution in [0.1, 0.15) is 27.4 Å². The van der Waals surface area contributed by atoms with E-state index < -0.39 is 18.0 Å². The van der Waals surface area contributed by atoms with Gasteiger partial charge in [-0.05, 0) is 46.4 Å². The Kier molecular flexibility index (Phi) is 6.81. The summed E-state index contributed by atoms with van der Waals surface area (Å²) in [6.07, 6.45) is -0.651. The summed E-state index contributed by atoms with van der Waals surface area (Å²) in [5.41, 5.74) is 4.40. The van der Waals surface area contributed by atoms with Crippen LogP contribution in [0, 0.1) is 11.8 Å². The first-order valence-electron chi connectivity index (χ1n) is 10.4. The molecule has 0 spiro atoms. The molecular weight excluding hydrogens is 456 g/mol. The highest BCUT2D eigenvalue weighted by Crippen LogP contribution is 2.44. The van der Waals surface area contributed by atoms with Gasteiger partial charge in [-0.25, -0.2) is 9.59 Å². The van der Waals surface area contributed by atoms with Gasteiger partial charge >= 0.3 is 12.1 Å². The second-order valence-corrected chi connectivity index (χ2v) is 7.87. The first kappa shape index (κ1) is 22.9. The van der Waals surface area contributed by atoms with E-state index in [9.17, 15) is 19.5 Å². The standard InChI is InChI=1S/C26H19ClN2O5/c27-16-11-12-23(21(14-16)25(31)32)29-24(30)10-5-13-28-26(33)34-15-22-19-8-3-1-6-17(19)18-7-2-4-9-20(18)22/h1-4,6-9,11-12,14,22H,13,15H2,(H,28,33)(H,29,30)(H,31,32). The van der Waals surface area contributed by atoms with Gasteiger partial charge in [0.1, 0.15) is 6.61 Å². The number of carbonyl (C=O) groups excluding carboxylic acids is 2. The first-order valence-corrected chi connectivity index (χ1v) is 10.7. The number of carboxylic acids is 1. The number of alkyl carbamates (subject to hydrolysis) is 1. The molecule has 3 N–H and O–H groups in total. The van der Waals surface area contributed by atoms with Crippen LogP contribution in [0.5, 0.6) is 0 Å². The minimum atomic E-state index is -1.23. The van der Waals surface area contributed by atoms with Crippen LogP contribution >= 0.6 is 11.6 Å². The van der Waals surface area contributed by atoms with E-state index in [-0.39, 0.29) is 35.3 Å². The predicted octanol–water partition coefficient (Wildman–Crippen LogP) is 4.52. The highest BCUT2D eigenvalue weighted by Gasteiger charge is 2.28. The number of ether oxygens (including phenoxy) is 1. The number of fused-ring (bicyclic) bond motifs is 3. The Bertz CT molecular complexity index is 1300. The zero-order valence-electron chi connectivity index (χ0n) is 17.8. The fraction of sp³-hybridized carbons (Fsp3) is 0.115. The number of nitrogens with one attached hydrogen (secondary N) is 2. The highest BCUT2D eigenvalue weighted by molar-refractivity contribution is 6.31. The molecule has 0 saturated heterocycles. The van der Waals surface area contributed by atoms with Crippen LogP contribution in [-0.2, 0) is 9.53 Å². The van der Waals surface area contributed by atoms with Gasteiger partial charge in [0.05, 0.1) is 17.8 Å². The largest absolute Gasteiger partial charge is 0.478 e. The van der Waals surface area contributed by atoms with Crippen molar-refractivity contribution in [3.8, 4) is 23.0 Å². The van der Waals surface area contributed by atoms with E-state index in [1.54, 1.807) is 0 Å². The number of anilines is 1. The first-order chi connectivity index (χ1) is 16.4. The number of amides is 2. The molecule has 8 heteroatoms. The zero-order valence-corrected chi connectivity index (χ0v) is 18.6. The van der Waals surface area contributed by atoms with Crippen LogP contribution in [0.3, 0.4) is 0 Å². The SMILES string of the molecule is O=C(C#CCNC(=O)OCC1c2ccccc2-c2ccccc21)Nc1ccc(Cl)cc1C(=O)O. The lowest BCUT2D eigenvalue weighted by Gasteiger charge is -2.14. The predicted molar refractivity (Wildman–Crippen MR) is 128 cm³/mol. The molecule has 0 aromatic heterocycles. The third-order valence-corrected chi connectivity index (χ3v) is 5.56. The van der Waals surface area contributed by atoms with Crippen LogP contribution in [0.15, 0.2) is 66.7 Å². The molecule has 2 amide bonds. The molecule has 0 fully saturated rings. The maximum atomic E-state index is 12.1. The number of aromatic carboxylic acids is 1. The summed E-state index contributed by atoms with van der Waals surface area (Å²) in [6.45, 7) is 0.0544. The molecule has 7 nitrogen and oxygen atoms in total. The number of hydrogen-bond acceptors (Lipinski definition) is 4. The van der Waals surface area contributed by atoms with E-state index >= 15 is 0 Å². The summed E-state index contributed by atoms with van der Waals surface area (Å²) < 4.78 is 5.40. The Balaban J connectivity index is 1.29. The van der Waals surface area contributed by atoms with Crippen LogP contribution in [0.25, 0.3) is 11.1 Å². The molecule has 170 valence electrons. The minimum absolute atomic E-state index is 0.0576. The van der Waals surface area contributed by atoms with Crippen LogP contribution in [-0.4, -0.2) is 36.2 Å². The molecule has 4 rings (SSSR count). The third-order valence-electron chi connectivity index (χ3n) is 5.33. The summed E-state index contributed by atoms with van der Waals surface area (Å²) in [4.78, 5) is 35.4. The number of carboxylic acid groups (broad SMARTS) is 1. The van der Waals surface area contributed by atoms with Crippen LogP contribution in [0.2, 0.25) is 5.02 Å². The van der Waals surface area contributed by atoms with Gasteiger partial charge in [0.15, 0.2) is 0 Å².